The van der Waals surface area contributed by atoms with Gasteiger partial charge < -0.3 is 4.57 Å². The maximum Gasteiger partial charge on any atom is 0.151 e. The molecule has 1 aromatic heterocycles. The zero-order valence-electron chi connectivity index (χ0n) is 8.62. The number of hydrogen-bond acceptors (Lipinski definition) is 2. The van der Waals surface area contributed by atoms with E-state index in [0.717, 1.165) is 6.07 Å². The van der Waals surface area contributed by atoms with E-state index in [1.165, 1.54) is 22.9 Å². The van der Waals surface area contributed by atoms with Gasteiger partial charge in [-0.15, -0.1) is 0 Å². The van der Waals surface area contributed by atoms with Crippen molar-refractivity contribution in [2.24, 2.45) is 5.11 Å². The first-order chi connectivity index (χ1) is 8.24. The second-order valence-electron chi connectivity index (χ2n) is 3.30. The molecule has 0 saturated heterocycles. The Hall–Kier alpha value is -2.59. The third-order valence-electron chi connectivity index (χ3n) is 2.22. The minimum absolute atomic E-state index is 0.205. The standard InChI is InChI=1S/C11H7FN4O/c12-10-5-9(14-15-13)1-2-11(10)16-4-3-8(6-16)7-17/h1-7H. The minimum Gasteiger partial charge on any atom is -0.321 e. The second-order valence-corrected chi connectivity index (χ2v) is 3.30. The summed E-state index contributed by atoms with van der Waals surface area (Å²) in [6.45, 7) is 0. The molecular formula is C11H7FN4O. The molecule has 17 heavy (non-hydrogen) atoms. The van der Waals surface area contributed by atoms with E-state index in [1.807, 2.05) is 0 Å². The van der Waals surface area contributed by atoms with Crippen LogP contribution in [-0.2, 0) is 0 Å². The average molecular weight is 230 g/mol. The minimum atomic E-state index is -0.525. The predicted octanol–water partition coefficient (Wildman–Crippen LogP) is 3.37. The fourth-order valence-electron chi connectivity index (χ4n) is 1.45. The Labute approximate surface area is 95.7 Å². The number of azide groups is 1. The van der Waals surface area contributed by atoms with E-state index in [2.05, 4.69) is 10.0 Å². The van der Waals surface area contributed by atoms with Crippen LogP contribution >= 0.6 is 0 Å². The highest BCUT2D eigenvalue weighted by atomic mass is 19.1. The maximum absolute atomic E-state index is 13.7. The molecule has 0 aliphatic rings. The van der Waals surface area contributed by atoms with Gasteiger partial charge in [0.2, 0.25) is 0 Å². The van der Waals surface area contributed by atoms with Gasteiger partial charge >= 0.3 is 0 Å². The molecule has 0 unspecified atom stereocenters. The average Bonchev–Trinajstić information content (AvgIpc) is 2.78. The summed E-state index contributed by atoms with van der Waals surface area (Å²) in [4.78, 5) is 13.1. The van der Waals surface area contributed by atoms with Gasteiger partial charge in [-0.1, -0.05) is 11.2 Å². The van der Waals surface area contributed by atoms with Gasteiger partial charge in [-0.2, -0.15) is 0 Å². The molecule has 0 saturated carbocycles. The largest absolute Gasteiger partial charge is 0.321 e. The maximum atomic E-state index is 13.7. The molecule has 5 nitrogen and oxygen atoms in total. The highest BCUT2D eigenvalue weighted by molar-refractivity contribution is 5.74. The Balaban J connectivity index is 2.45. The van der Waals surface area contributed by atoms with Gasteiger partial charge in [-0.3, -0.25) is 4.79 Å². The highest BCUT2D eigenvalue weighted by Gasteiger charge is 2.05. The lowest BCUT2D eigenvalue weighted by Gasteiger charge is -2.04. The molecule has 0 amide bonds. The van der Waals surface area contributed by atoms with E-state index in [1.54, 1.807) is 12.3 Å². The number of aldehydes is 1. The van der Waals surface area contributed by atoms with Crippen molar-refractivity contribution in [1.82, 2.24) is 4.57 Å². The van der Waals surface area contributed by atoms with Crippen molar-refractivity contribution in [3.8, 4) is 5.69 Å². The molecule has 6 heteroatoms. The third-order valence-corrected chi connectivity index (χ3v) is 2.22. The SMILES string of the molecule is [N-]=[N+]=Nc1ccc(-n2ccc(C=O)c2)c(F)c1. The van der Waals surface area contributed by atoms with Crippen LogP contribution in [0.4, 0.5) is 10.1 Å². The van der Waals surface area contributed by atoms with E-state index < -0.39 is 5.82 Å². The van der Waals surface area contributed by atoms with Crippen molar-refractivity contribution in [3.05, 3.63) is 58.5 Å². The summed E-state index contributed by atoms with van der Waals surface area (Å²) >= 11 is 0. The van der Waals surface area contributed by atoms with Crippen LogP contribution in [0.1, 0.15) is 10.4 Å². The van der Waals surface area contributed by atoms with Crippen LogP contribution < -0.4 is 0 Å². The number of carbonyl (C=O) groups is 1. The molecule has 0 bridgehead atoms. The molecule has 2 aromatic rings. The van der Waals surface area contributed by atoms with Crippen LogP contribution in [0.2, 0.25) is 0 Å². The Morgan fingerprint density at radius 3 is 2.82 bits per heavy atom. The predicted molar refractivity (Wildman–Crippen MR) is 59.9 cm³/mol. The zero-order chi connectivity index (χ0) is 12.3. The van der Waals surface area contributed by atoms with Crippen molar-refractivity contribution in [2.75, 3.05) is 0 Å². The number of carbonyl (C=O) groups excluding carboxylic acids is 1. The molecule has 0 fully saturated rings. The van der Waals surface area contributed by atoms with Crippen LogP contribution in [0.5, 0.6) is 0 Å². The lowest BCUT2D eigenvalue weighted by Crippen LogP contribution is -1.93. The summed E-state index contributed by atoms with van der Waals surface area (Å²) in [5.74, 6) is -0.525. The normalized spacial score (nSPS) is 9.71. The summed E-state index contributed by atoms with van der Waals surface area (Å²) in [5, 5.41) is 3.30. The lowest BCUT2D eigenvalue weighted by molar-refractivity contribution is 0.112. The number of nitrogens with zero attached hydrogens (tertiary/aromatic N) is 4. The van der Waals surface area contributed by atoms with Crippen LogP contribution in [0.3, 0.4) is 0 Å². The van der Waals surface area contributed by atoms with E-state index >= 15 is 0 Å². The molecule has 1 aromatic carbocycles. The monoisotopic (exact) mass is 230 g/mol. The quantitative estimate of drug-likeness (QED) is 0.345. The van der Waals surface area contributed by atoms with Gasteiger partial charge in [0, 0.05) is 28.6 Å². The first-order valence-corrected chi connectivity index (χ1v) is 4.73. The molecular weight excluding hydrogens is 223 g/mol. The summed E-state index contributed by atoms with van der Waals surface area (Å²) in [6, 6.07) is 5.69. The summed E-state index contributed by atoms with van der Waals surface area (Å²) in [5.41, 5.74) is 9.18. The van der Waals surface area contributed by atoms with E-state index in [9.17, 15) is 9.18 Å². The zero-order valence-corrected chi connectivity index (χ0v) is 8.62. The Kier molecular flexibility index (Phi) is 2.89. The van der Waals surface area contributed by atoms with E-state index in [-0.39, 0.29) is 11.4 Å². The van der Waals surface area contributed by atoms with Gasteiger partial charge in [-0.05, 0) is 23.7 Å². The van der Waals surface area contributed by atoms with Crippen LogP contribution in [-0.4, -0.2) is 10.9 Å². The molecule has 0 spiro atoms. The molecule has 84 valence electrons. The van der Waals surface area contributed by atoms with Crippen LogP contribution in [0.25, 0.3) is 16.1 Å². The molecule has 2 rings (SSSR count). The highest BCUT2D eigenvalue weighted by Crippen LogP contribution is 2.20. The number of hydrogen-bond donors (Lipinski definition) is 0. The van der Waals surface area contributed by atoms with Gasteiger partial charge in [0.25, 0.3) is 0 Å². The molecule has 0 aliphatic carbocycles. The van der Waals surface area contributed by atoms with Gasteiger partial charge in [-0.25, -0.2) is 4.39 Å². The molecule has 0 aliphatic heterocycles. The lowest BCUT2D eigenvalue weighted by atomic mass is 10.2. The Morgan fingerprint density at radius 1 is 1.41 bits per heavy atom. The van der Waals surface area contributed by atoms with E-state index in [0.29, 0.717) is 11.8 Å². The number of aromatic nitrogens is 1. The van der Waals surface area contributed by atoms with Gasteiger partial charge in [0.05, 0.1) is 5.69 Å². The summed E-state index contributed by atoms with van der Waals surface area (Å²) < 4.78 is 15.2. The fraction of sp³-hybridized carbons (Fsp3) is 0. The number of rotatable bonds is 3. The van der Waals surface area contributed by atoms with Crippen LogP contribution in [0.15, 0.2) is 41.8 Å². The second kappa shape index (κ2) is 4.51. The first-order valence-electron chi connectivity index (χ1n) is 4.73. The van der Waals surface area contributed by atoms with Crippen molar-refractivity contribution in [2.45, 2.75) is 0 Å². The van der Waals surface area contributed by atoms with Gasteiger partial charge in [0.1, 0.15) is 5.82 Å². The Bertz CT molecular complexity index is 614. The Morgan fingerprint density at radius 2 is 2.24 bits per heavy atom. The number of benzene rings is 1. The van der Waals surface area contributed by atoms with Crippen LogP contribution in [0, 0.1) is 5.82 Å². The molecule has 0 atom stereocenters. The molecule has 0 N–H and O–H groups in total. The smallest absolute Gasteiger partial charge is 0.151 e. The van der Waals surface area contributed by atoms with Crippen molar-refractivity contribution in [1.29, 1.82) is 0 Å². The first kappa shape index (κ1) is 10.9. The van der Waals surface area contributed by atoms with Gasteiger partial charge in [0.15, 0.2) is 6.29 Å². The number of halogens is 1. The summed E-state index contributed by atoms with van der Waals surface area (Å²) in [7, 11) is 0. The fourth-order valence-corrected chi connectivity index (χ4v) is 1.45. The van der Waals surface area contributed by atoms with E-state index in [4.69, 9.17) is 5.53 Å². The molecule has 1 heterocycles. The topological polar surface area (TPSA) is 70.8 Å². The van der Waals surface area contributed by atoms with Crippen molar-refractivity contribution < 1.29 is 9.18 Å². The third kappa shape index (κ3) is 2.16. The molecule has 0 radical (unpaired) electrons. The van der Waals surface area contributed by atoms with Crippen molar-refractivity contribution in [3.63, 3.8) is 0 Å². The van der Waals surface area contributed by atoms with Crippen molar-refractivity contribution >= 4 is 12.0 Å². The summed E-state index contributed by atoms with van der Waals surface area (Å²) in [6.07, 6.45) is 3.77.